The van der Waals surface area contributed by atoms with Crippen LogP contribution < -0.4 is 20.1 Å². The van der Waals surface area contributed by atoms with Gasteiger partial charge in [0, 0.05) is 6.42 Å². The minimum absolute atomic E-state index is 0.209. The molecule has 210 valence electrons. The highest BCUT2D eigenvalue weighted by Gasteiger charge is 2.27. The monoisotopic (exact) mass is 546 g/mol. The van der Waals surface area contributed by atoms with Crippen LogP contribution in [-0.2, 0) is 38.6 Å². The van der Waals surface area contributed by atoms with E-state index in [1.165, 1.54) is 13.3 Å². The molecule has 0 heterocycles. The molecule has 1 amide bonds. The molecule has 9 heteroatoms. The molecule has 0 radical (unpaired) electrons. The van der Waals surface area contributed by atoms with Gasteiger partial charge in [-0.2, -0.15) is 0 Å². The lowest BCUT2D eigenvalue weighted by Gasteiger charge is -2.21. The van der Waals surface area contributed by atoms with Crippen molar-refractivity contribution in [3.63, 3.8) is 0 Å². The van der Waals surface area contributed by atoms with E-state index < -0.39 is 36.4 Å². The molecule has 0 aliphatic heterocycles. The number of nitrogens with one attached hydrogen (secondary N) is 2. The molecular weight excluding hydrogens is 512 g/mol. The molecule has 0 aliphatic rings. The van der Waals surface area contributed by atoms with Crippen molar-refractivity contribution in [1.82, 2.24) is 10.6 Å². The summed E-state index contributed by atoms with van der Waals surface area (Å²) in [5, 5.41) is 14.8. The summed E-state index contributed by atoms with van der Waals surface area (Å²) in [7, 11) is 2.81. The summed E-state index contributed by atoms with van der Waals surface area (Å²) >= 11 is 0. The molecule has 0 saturated heterocycles. The number of allylic oxidation sites excluding steroid dienone is 1. The van der Waals surface area contributed by atoms with Crippen molar-refractivity contribution < 1.29 is 33.7 Å². The summed E-state index contributed by atoms with van der Waals surface area (Å²) in [6.45, 7) is 0.390. The first-order valence-electron chi connectivity index (χ1n) is 12.8. The number of amides is 1. The highest BCUT2D eigenvalue weighted by molar-refractivity contribution is 5.90. The second-order valence-electron chi connectivity index (χ2n) is 8.96. The number of carboxylic acid groups (broad SMARTS) is 1. The summed E-state index contributed by atoms with van der Waals surface area (Å²) in [6.07, 6.45) is 3.52. The fourth-order valence-corrected chi connectivity index (χ4v) is 3.93. The van der Waals surface area contributed by atoms with E-state index in [4.69, 9.17) is 14.2 Å². The van der Waals surface area contributed by atoms with Gasteiger partial charge in [0.05, 0.1) is 20.6 Å². The highest BCUT2D eigenvalue weighted by Crippen LogP contribution is 2.29. The number of hydrogen-bond donors (Lipinski definition) is 3. The molecule has 3 rings (SSSR count). The number of carbonyl (C=O) groups is 3. The van der Waals surface area contributed by atoms with Gasteiger partial charge in [-0.1, -0.05) is 72.8 Å². The lowest BCUT2D eigenvalue weighted by atomic mass is 10.1. The Morgan fingerprint density at radius 1 is 0.850 bits per heavy atom. The van der Waals surface area contributed by atoms with Crippen LogP contribution >= 0.6 is 0 Å². The SMILES string of the molecule is COC(=O)[C@H](Cc1ccccc1)NC(=O)[C@H](CC(=O)O)NC=CCc1ccc(OC)c(OCc2ccccc2)c1. The fraction of sp³-hybridized carbons (Fsp3) is 0.258. The average Bonchev–Trinajstić information content (AvgIpc) is 2.97. The molecule has 0 spiro atoms. The number of hydrogen-bond acceptors (Lipinski definition) is 7. The van der Waals surface area contributed by atoms with E-state index in [1.54, 1.807) is 13.2 Å². The Hall–Kier alpha value is -4.79. The minimum Gasteiger partial charge on any atom is -0.493 e. The van der Waals surface area contributed by atoms with E-state index in [9.17, 15) is 19.5 Å². The molecule has 0 fully saturated rings. The lowest BCUT2D eigenvalue weighted by molar-refractivity contribution is -0.145. The second kappa shape index (κ2) is 15.6. The summed E-state index contributed by atoms with van der Waals surface area (Å²) < 4.78 is 16.2. The van der Waals surface area contributed by atoms with Crippen LogP contribution in [0, 0.1) is 0 Å². The van der Waals surface area contributed by atoms with Gasteiger partial charge in [-0.15, -0.1) is 0 Å². The Morgan fingerprint density at radius 3 is 2.15 bits per heavy atom. The van der Waals surface area contributed by atoms with Crippen LogP contribution in [0.4, 0.5) is 0 Å². The largest absolute Gasteiger partial charge is 0.493 e. The fourth-order valence-electron chi connectivity index (χ4n) is 3.93. The molecular formula is C31H34N2O7. The zero-order chi connectivity index (χ0) is 28.7. The topological polar surface area (TPSA) is 123 Å². The van der Waals surface area contributed by atoms with Crippen molar-refractivity contribution in [2.75, 3.05) is 14.2 Å². The van der Waals surface area contributed by atoms with E-state index >= 15 is 0 Å². The Labute approximate surface area is 233 Å². The molecule has 3 aromatic rings. The molecule has 0 saturated carbocycles. The van der Waals surface area contributed by atoms with Gasteiger partial charge in [-0.25, -0.2) is 4.79 Å². The third kappa shape index (κ3) is 9.50. The van der Waals surface area contributed by atoms with E-state index in [0.29, 0.717) is 24.5 Å². The van der Waals surface area contributed by atoms with Crippen LogP contribution in [0.3, 0.4) is 0 Å². The van der Waals surface area contributed by atoms with Crippen molar-refractivity contribution in [1.29, 1.82) is 0 Å². The molecule has 9 nitrogen and oxygen atoms in total. The maximum absolute atomic E-state index is 13.0. The highest BCUT2D eigenvalue weighted by atomic mass is 16.5. The van der Waals surface area contributed by atoms with Gasteiger partial charge in [0.25, 0.3) is 0 Å². The molecule has 2 atom stereocenters. The van der Waals surface area contributed by atoms with Crippen molar-refractivity contribution in [3.8, 4) is 11.5 Å². The predicted octanol–water partition coefficient (Wildman–Crippen LogP) is 3.66. The van der Waals surface area contributed by atoms with E-state index in [-0.39, 0.29) is 6.42 Å². The first-order chi connectivity index (χ1) is 19.4. The van der Waals surface area contributed by atoms with Gasteiger partial charge in [-0.05, 0) is 41.4 Å². The summed E-state index contributed by atoms with van der Waals surface area (Å²) in [4.78, 5) is 36.7. The Balaban J connectivity index is 1.62. The quantitative estimate of drug-likeness (QED) is 0.247. The third-order valence-electron chi connectivity index (χ3n) is 6.01. The third-order valence-corrected chi connectivity index (χ3v) is 6.01. The zero-order valence-electron chi connectivity index (χ0n) is 22.5. The molecule has 0 aromatic heterocycles. The molecule has 3 N–H and O–H groups in total. The van der Waals surface area contributed by atoms with Gasteiger partial charge in [0.15, 0.2) is 11.5 Å². The number of aliphatic carboxylic acids is 1. The van der Waals surface area contributed by atoms with Gasteiger partial charge >= 0.3 is 11.9 Å². The maximum atomic E-state index is 13.0. The molecule has 40 heavy (non-hydrogen) atoms. The Morgan fingerprint density at radius 2 is 1.52 bits per heavy atom. The van der Waals surface area contributed by atoms with Crippen molar-refractivity contribution in [3.05, 3.63) is 108 Å². The van der Waals surface area contributed by atoms with Crippen molar-refractivity contribution in [2.45, 2.75) is 38.0 Å². The van der Waals surface area contributed by atoms with E-state index in [2.05, 4.69) is 10.6 Å². The maximum Gasteiger partial charge on any atom is 0.328 e. The normalized spacial score (nSPS) is 12.2. The van der Waals surface area contributed by atoms with Crippen molar-refractivity contribution in [2.24, 2.45) is 0 Å². The summed E-state index contributed by atoms with van der Waals surface area (Å²) in [5.74, 6) is -1.20. The first-order valence-corrected chi connectivity index (χ1v) is 12.8. The van der Waals surface area contributed by atoms with Gasteiger partial charge in [-0.3, -0.25) is 9.59 Å². The lowest BCUT2D eigenvalue weighted by Crippen LogP contribution is -2.51. The first kappa shape index (κ1) is 29.8. The number of rotatable bonds is 15. The summed E-state index contributed by atoms with van der Waals surface area (Å²) in [6, 6.07) is 22.5. The van der Waals surface area contributed by atoms with Gasteiger partial charge < -0.3 is 30.0 Å². The second-order valence-corrected chi connectivity index (χ2v) is 8.96. The number of carbonyl (C=O) groups excluding carboxylic acids is 2. The van der Waals surface area contributed by atoms with E-state index in [1.807, 2.05) is 78.9 Å². The van der Waals surface area contributed by atoms with E-state index in [0.717, 1.165) is 16.7 Å². The van der Waals surface area contributed by atoms with Crippen LogP contribution in [0.2, 0.25) is 0 Å². The number of carboxylic acids is 1. The number of ether oxygens (including phenoxy) is 3. The van der Waals surface area contributed by atoms with Crippen LogP contribution in [0.15, 0.2) is 91.1 Å². The van der Waals surface area contributed by atoms with Crippen molar-refractivity contribution >= 4 is 17.8 Å². The Kier molecular flexibility index (Phi) is 11.6. The number of benzene rings is 3. The zero-order valence-corrected chi connectivity index (χ0v) is 22.5. The van der Waals surface area contributed by atoms with Gasteiger partial charge in [0.2, 0.25) is 5.91 Å². The van der Waals surface area contributed by atoms with Crippen LogP contribution in [0.1, 0.15) is 23.1 Å². The Bertz CT molecular complexity index is 1280. The average molecular weight is 547 g/mol. The van der Waals surface area contributed by atoms with Gasteiger partial charge in [0.1, 0.15) is 18.7 Å². The van der Waals surface area contributed by atoms with Crippen LogP contribution in [0.25, 0.3) is 0 Å². The molecule has 0 unspecified atom stereocenters. The van der Waals surface area contributed by atoms with Crippen LogP contribution in [0.5, 0.6) is 11.5 Å². The summed E-state index contributed by atoms with van der Waals surface area (Å²) in [5.41, 5.74) is 2.78. The number of methoxy groups -OCH3 is 2. The molecule has 0 bridgehead atoms. The minimum atomic E-state index is -1.16. The predicted molar refractivity (Wildman–Crippen MR) is 150 cm³/mol. The number of esters is 1. The standard InChI is InChI=1S/C31H34N2O7/c1-38-27-16-15-23(19-28(27)40-21-24-12-7-4-8-13-24)14-9-17-32-25(20-29(34)35)30(36)33-26(31(37)39-2)18-22-10-5-3-6-11-22/h3-13,15-17,19,25-26,32H,14,18,20-21H2,1-2H3,(H,33,36)(H,34,35)/t25-,26-/m0/s1. The molecule has 0 aliphatic carbocycles. The van der Waals surface area contributed by atoms with Crippen LogP contribution in [-0.4, -0.2) is 49.3 Å². The molecule has 3 aromatic carbocycles. The smallest absolute Gasteiger partial charge is 0.328 e.